The van der Waals surface area contributed by atoms with Gasteiger partial charge in [0, 0.05) is 33.1 Å². The number of benzene rings is 1. The van der Waals surface area contributed by atoms with E-state index >= 15 is 0 Å². The molecule has 0 bridgehead atoms. The second kappa shape index (κ2) is 9.96. The SMILES string of the molecule is COc1ccc(NC(N)=NCCS(=O)C(C)(C)C)cc1OC.I. The molecule has 3 N–H and O–H groups in total. The first-order valence-electron chi connectivity index (χ1n) is 6.95. The molecule has 0 saturated heterocycles. The molecule has 6 nitrogen and oxygen atoms in total. The van der Waals surface area contributed by atoms with E-state index in [2.05, 4.69) is 10.3 Å². The fourth-order valence-electron chi connectivity index (χ4n) is 1.66. The summed E-state index contributed by atoms with van der Waals surface area (Å²) >= 11 is 0. The highest BCUT2D eigenvalue weighted by molar-refractivity contribution is 14.0. The Morgan fingerprint density at radius 1 is 1.26 bits per heavy atom. The van der Waals surface area contributed by atoms with Gasteiger partial charge in [0.2, 0.25) is 0 Å². The average molecular weight is 455 g/mol. The third-order valence-electron chi connectivity index (χ3n) is 2.90. The lowest BCUT2D eigenvalue weighted by atomic mass is 10.3. The molecule has 0 aliphatic rings. The highest BCUT2D eigenvalue weighted by Gasteiger charge is 2.18. The standard InChI is InChI=1S/C15H25N3O3S.HI/c1-15(2,3)22(19)9-8-17-14(16)18-11-6-7-12(20-4)13(10-11)21-5;/h6-7,10H,8-9H2,1-5H3,(H3,16,17,18);1H. The second-order valence-corrected chi connectivity index (χ2v) is 7.95. The molecule has 0 radical (unpaired) electrons. The number of methoxy groups -OCH3 is 2. The van der Waals surface area contributed by atoms with E-state index in [0.29, 0.717) is 23.8 Å². The first kappa shape index (κ1) is 22.0. The summed E-state index contributed by atoms with van der Waals surface area (Å²) in [5.74, 6) is 2.01. The Hall–Kier alpha value is -1.03. The first-order valence-corrected chi connectivity index (χ1v) is 8.27. The van der Waals surface area contributed by atoms with Crippen LogP contribution in [-0.4, -0.2) is 41.4 Å². The molecule has 1 rings (SSSR count). The molecular weight excluding hydrogens is 429 g/mol. The van der Waals surface area contributed by atoms with Crippen LogP contribution in [0, 0.1) is 0 Å². The van der Waals surface area contributed by atoms with Crippen LogP contribution in [0.15, 0.2) is 23.2 Å². The van der Waals surface area contributed by atoms with Gasteiger partial charge in [-0.2, -0.15) is 0 Å². The number of hydrogen-bond acceptors (Lipinski definition) is 4. The third-order valence-corrected chi connectivity index (χ3v) is 4.82. The summed E-state index contributed by atoms with van der Waals surface area (Å²) < 4.78 is 22.1. The summed E-state index contributed by atoms with van der Waals surface area (Å²) in [6.45, 7) is 6.24. The van der Waals surface area contributed by atoms with Gasteiger partial charge in [0.15, 0.2) is 17.5 Å². The van der Waals surface area contributed by atoms with Crippen molar-refractivity contribution in [2.75, 3.05) is 31.8 Å². The van der Waals surface area contributed by atoms with Crippen molar-refractivity contribution in [3.8, 4) is 11.5 Å². The Balaban J connectivity index is 0.00000484. The van der Waals surface area contributed by atoms with Crippen molar-refractivity contribution in [2.45, 2.75) is 25.5 Å². The molecule has 8 heteroatoms. The Kier molecular flexibility index (Phi) is 9.52. The normalized spacial score (nSPS) is 13.0. The Morgan fingerprint density at radius 3 is 2.39 bits per heavy atom. The molecule has 0 spiro atoms. The van der Waals surface area contributed by atoms with Gasteiger partial charge in [0.05, 0.1) is 20.8 Å². The van der Waals surface area contributed by atoms with Gasteiger partial charge in [0.25, 0.3) is 0 Å². The summed E-state index contributed by atoms with van der Waals surface area (Å²) in [6, 6.07) is 5.37. The molecule has 0 amide bonds. The van der Waals surface area contributed by atoms with Crippen molar-refractivity contribution in [3.63, 3.8) is 0 Å². The van der Waals surface area contributed by atoms with Crippen molar-refractivity contribution < 1.29 is 13.7 Å². The second-order valence-electron chi connectivity index (χ2n) is 5.62. The number of anilines is 1. The van der Waals surface area contributed by atoms with Crippen LogP contribution in [0.3, 0.4) is 0 Å². The molecule has 1 unspecified atom stereocenters. The van der Waals surface area contributed by atoms with Crippen molar-refractivity contribution in [2.24, 2.45) is 10.7 Å². The summed E-state index contributed by atoms with van der Waals surface area (Å²) in [5.41, 5.74) is 6.58. The van der Waals surface area contributed by atoms with E-state index in [9.17, 15) is 4.21 Å². The van der Waals surface area contributed by atoms with Crippen LogP contribution in [0.4, 0.5) is 5.69 Å². The van der Waals surface area contributed by atoms with Gasteiger partial charge >= 0.3 is 0 Å². The number of hydrogen-bond donors (Lipinski definition) is 2. The van der Waals surface area contributed by atoms with Gasteiger partial charge in [-0.05, 0) is 32.9 Å². The van der Waals surface area contributed by atoms with Gasteiger partial charge in [-0.15, -0.1) is 24.0 Å². The largest absolute Gasteiger partial charge is 0.493 e. The minimum absolute atomic E-state index is 0. The van der Waals surface area contributed by atoms with Crippen LogP contribution in [0.2, 0.25) is 0 Å². The fraction of sp³-hybridized carbons (Fsp3) is 0.533. The Bertz CT molecular complexity index is 559. The van der Waals surface area contributed by atoms with Gasteiger partial charge in [-0.1, -0.05) is 0 Å². The lowest BCUT2D eigenvalue weighted by Crippen LogP contribution is -2.27. The maximum absolute atomic E-state index is 11.9. The van der Waals surface area contributed by atoms with Gasteiger partial charge in [-0.3, -0.25) is 9.20 Å². The van der Waals surface area contributed by atoms with Gasteiger partial charge < -0.3 is 20.5 Å². The monoisotopic (exact) mass is 455 g/mol. The Morgan fingerprint density at radius 2 is 1.87 bits per heavy atom. The van der Waals surface area contributed by atoms with Crippen LogP contribution in [0.5, 0.6) is 11.5 Å². The van der Waals surface area contributed by atoms with Crippen molar-refractivity contribution in [1.29, 1.82) is 0 Å². The van der Waals surface area contributed by atoms with Crippen LogP contribution in [0.1, 0.15) is 20.8 Å². The lowest BCUT2D eigenvalue weighted by molar-refractivity contribution is 0.355. The zero-order valence-electron chi connectivity index (χ0n) is 14.2. The van der Waals surface area contributed by atoms with Gasteiger partial charge in [0.1, 0.15) is 0 Å². The predicted molar refractivity (Wildman–Crippen MR) is 108 cm³/mol. The molecule has 0 saturated carbocycles. The van der Waals surface area contributed by atoms with E-state index in [4.69, 9.17) is 15.2 Å². The van der Waals surface area contributed by atoms with Crippen LogP contribution >= 0.6 is 24.0 Å². The minimum Gasteiger partial charge on any atom is -0.493 e. The average Bonchev–Trinajstić information content (AvgIpc) is 2.45. The fourth-order valence-corrected chi connectivity index (χ4v) is 2.53. The summed E-state index contributed by atoms with van der Waals surface area (Å²) in [5, 5.41) is 2.97. The highest BCUT2D eigenvalue weighted by Crippen LogP contribution is 2.29. The highest BCUT2D eigenvalue weighted by atomic mass is 127. The molecule has 1 aromatic rings. The van der Waals surface area contributed by atoms with Crippen molar-refractivity contribution in [3.05, 3.63) is 18.2 Å². The van der Waals surface area contributed by atoms with Crippen LogP contribution in [0.25, 0.3) is 0 Å². The molecule has 0 aliphatic heterocycles. The van der Waals surface area contributed by atoms with E-state index in [1.807, 2.05) is 26.8 Å². The van der Waals surface area contributed by atoms with Gasteiger partial charge in [-0.25, -0.2) is 0 Å². The lowest BCUT2D eigenvalue weighted by Gasteiger charge is -2.16. The topological polar surface area (TPSA) is 85.9 Å². The number of rotatable bonds is 6. The summed E-state index contributed by atoms with van der Waals surface area (Å²) in [6.07, 6.45) is 0. The van der Waals surface area contributed by atoms with E-state index in [-0.39, 0.29) is 34.7 Å². The number of nitrogens with one attached hydrogen (secondary N) is 1. The van der Waals surface area contributed by atoms with E-state index in [1.54, 1.807) is 26.4 Å². The predicted octanol–water partition coefficient (Wildman–Crippen LogP) is 2.60. The smallest absolute Gasteiger partial charge is 0.193 e. The maximum atomic E-state index is 11.9. The molecular formula is C15H26IN3O3S. The van der Waals surface area contributed by atoms with E-state index in [1.165, 1.54) is 0 Å². The third kappa shape index (κ3) is 7.38. The number of ether oxygens (including phenoxy) is 2. The molecule has 23 heavy (non-hydrogen) atoms. The van der Waals surface area contributed by atoms with Crippen LogP contribution < -0.4 is 20.5 Å². The number of aliphatic imine (C=N–C) groups is 1. The summed E-state index contributed by atoms with van der Waals surface area (Å²) in [7, 11) is 2.21. The zero-order chi connectivity index (χ0) is 16.8. The number of halogens is 1. The number of guanidine groups is 1. The quantitative estimate of drug-likeness (QED) is 0.391. The molecule has 0 aromatic heterocycles. The van der Waals surface area contributed by atoms with Crippen LogP contribution in [-0.2, 0) is 10.8 Å². The molecule has 0 heterocycles. The van der Waals surface area contributed by atoms with E-state index < -0.39 is 10.8 Å². The Labute approximate surface area is 157 Å². The first-order chi connectivity index (χ1) is 10.3. The molecule has 1 atom stereocenters. The molecule has 1 aromatic carbocycles. The maximum Gasteiger partial charge on any atom is 0.193 e. The number of nitrogens with zero attached hydrogens (tertiary/aromatic N) is 1. The molecule has 0 fully saturated rings. The molecule has 0 aliphatic carbocycles. The summed E-state index contributed by atoms with van der Waals surface area (Å²) in [4.78, 5) is 4.19. The minimum atomic E-state index is -0.937. The zero-order valence-corrected chi connectivity index (χ0v) is 17.4. The van der Waals surface area contributed by atoms with Crippen molar-refractivity contribution >= 4 is 46.4 Å². The molecule has 132 valence electrons. The van der Waals surface area contributed by atoms with E-state index in [0.717, 1.165) is 5.69 Å². The van der Waals surface area contributed by atoms with Crippen molar-refractivity contribution in [1.82, 2.24) is 0 Å². The number of nitrogens with two attached hydrogens (primary N) is 1.